The number of carbonyl (C=O) groups excluding carboxylic acids is 1. The second kappa shape index (κ2) is 8.70. The Morgan fingerprint density at radius 3 is 2.58 bits per heavy atom. The Balaban J connectivity index is 2.54. The van der Waals surface area contributed by atoms with E-state index in [9.17, 15) is 4.79 Å². The molecular weight excluding hydrogens is 236 g/mol. The minimum Gasteiger partial charge on any atom is -0.338 e. The molecule has 0 heterocycles. The quantitative estimate of drug-likeness (QED) is 0.783. The molecule has 0 bridgehead atoms. The molecule has 2 N–H and O–H groups in total. The van der Waals surface area contributed by atoms with E-state index in [4.69, 9.17) is 5.73 Å². The zero-order chi connectivity index (χ0) is 14.1. The van der Waals surface area contributed by atoms with E-state index in [0.717, 1.165) is 19.4 Å². The maximum absolute atomic E-state index is 12.2. The molecular formula is C16H26N2O. The molecule has 0 aliphatic rings. The van der Waals surface area contributed by atoms with Gasteiger partial charge in [-0.05, 0) is 30.9 Å². The maximum atomic E-state index is 12.2. The lowest BCUT2D eigenvalue weighted by atomic mass is 10.1. The van der Waals surface area contributed by atoms with Gasteiger partial charge >= 0.3 is 0 Å². The molecule has 106 valence electrons. The van der Waals surface area contributed by atoms with Gasteiger partial charge in [-0.3, -0.25) is 4.79 Å². The third-order valence-corrected chi connectivity index (χ3v) is 3.32. The van der Waals surface area contributed by atoms with Crippen molar-refractivity contribution < 1.29 is 4.79 Å². The molecule has 1 unspecified atom stereocenters. The predicted molar refractivity (Wildman–Crippen MR) is 79.6 cm³/mol. The van der Waals surface area contributed by atoms with Gasteiger partial charge in [-0.25, -0.2) is 0 Å². The predicted octanol–water partition coefficient (Wildman–Crippen LogP) is 2.80. The maximum Gasteiger partial charge on any atom is 0.222 e. The van der Waals surface area contributed by atoms with Crippen LogP contribution in [0.25, 0.3) is 0 Å². The summed E-state index contributed by atoms with van der Waals surface area (Å²) in [6.45, 7) is 6.39. The van der Waals surface area contributed by atoms with Gasteiger partial charge in [-0.2, -0.15) is 0 Å². The molecule has 1 aromatic carbocycles. The number of nitrogens with two attached hydrogens (primary N) is 1. The summed E-state index contributed by atoms with van der Waals surface area (Å²) in [5.41, 5.74) is 6.78. The van der Waals surface area contributed by atoms with Crippen LogP contribution in [-0.2, 0) is 11.3 Å². The standard InChI is InChI=1S/C16H26N2O/c1-3-11-18(13-15-7-5-4-6-8-15)16(19)10-9-14(2)12-17/h4-8,14H,3,9-13,17H2,1-2H3. The molecule has 3 nitrogen and oxygen atoms in total. The Kier molecular flexibility index (Phi) is 7.19. The van der Waals surface area contributed by atoms with Gasteiger partial charge in [0.15, 0.2) is 0 Å². The molecule has 0 fully saturated rings. The highest BCUT2D eigenvalue weighted by Gasteiger charge is 2.14. The van der Waals surface area contributed by atoms with Crippen molar-refractivity contribution in [1.82, 2.24) is 4.90 Å². The van der Waals surface area contributed by atoms with E-state index < -0.39 is 0 Å². The van der Waals surface area contributed by atoms with Crippen LogP contribution in [0.15, 0.2) is 30.3 Å². The van der Waals surface area contributed by atoms with Gasteiger partial charge in [0.05, 0.1) is 0 Å². The van der Waals surface area contributed by atoms with Crippen LogP contribution in [0.5, 0.6) is 0 Å². The zero-order valence-electron chi connectivity index (χ0n) is 12.1. The number of rotatable bonds is 8. The van der Waals surface area contributed by atoms with Crippen molar-refractivity contribution in [2.24, 2.45) is 11.7 Å². The van der Waals surface area contributed by atoms with Crippen LogP contribution in [0.4, 0.5) is 0 Å². The summed E-state index contributed by atoms with van der Waals surface area (Å²) >= 11 is 0. The minimum atomic E-state index is 0.242. The topological polar surface area (TPSA) is 46.3 Å². The SMILES string of the molecule is CCCN(Cc1ccccc1)C(=O)CCC(C)CN. The highest BCUT2D eigenvalue weighted by molar-refractivity contribution is 5.76. The van der Waals surface area contributed by atoms with Gasteiger partial charge in [-0.15, -0.1) is 0 Å². The highest BCUT2D eigenvalue weighted by atomic mass is 16.2. The second-order valence-electron chi connectivity index (χ2n) is 5.18. The first-order valence-corrected chi connectivity index (χ1v) is 7.19. The average Bonchev–Trinajstić information content (AvgIpc) is 2.45. The van der Waals surface area contributed by atoms with Crippen LogP contribution in [0, 0.1) is 5.92 Å². The van der Waals surface area contributed by atoms with E-state index >= 15 is 0 Å². The van der Waals surface area contributed by atoms with Gasteiger partial charge in [-0.1, -0.05) is 44.2 Å². The van der Waals surface area contributed by atoms with Gasteiger partial charge in [0.2, 0.25) is 5.91 Å². The highest BCUT2D eigenvalue weighted by Crippen LogP contribution is 2.10. The fourth-order valence-electron chi connectivity index (χ4n) is 2.01. The molecule has 0 aliphatic carbocycles. The fourth-order valence-corrected chi connectivity index (χ4v) is 2.01. The van der Waals surface area contributed by atoms with Crippen molar-refractivity contribution in [3.8, 4) is 0 Å². The molecule has 1 amide bonds. The summed E-state index contributed by atoms with van der Waals surface area (Å²) in [5.74, 6) is 0.662. The summed E-state index contributed by atoms with van der Waals surface area (Å²) in [4.78, 5) is 14.2. The van der Waals surface area contributed by atoms with E-state index in [2.05, 4.69) is 26.0 Å². The molecule has 1 rings (SSSR count). The van der Waals surface area contributed by atoms with E-state index in [0.29, 0.717) is 25.4 Å². The third kappa shape index (κ3) is 5.88. The molecule has 1 atom stereocenters. The van der Waals surface area contributed by atoms with Crippen LogP contribution >= 0.6 is 0 Å². The number of benzene rings is 1. The Morgan fingerprint density at radius 2 is 2.00 bits per heavy atom. The van der Waals surface area contributed by atoms with Crippen molar-refractivity contribution in [3.63, 3.8) is 0 Å². The molecule has 0 aliphatic heterocycles. The van der Waals surface area contributed by atoms with Gasteiger partial charge in [0.25, 0.3) is 0 Å². The largest absolute Gasteiger partial charge is 0.338 e. The van der Waals surface area contributed by atoms with Gasteiger partial charge in [0.1, 0.15) is 0 Å². The Hall–Kier alpha value is -1.35. The molecule has 0 saturated carbocycles. The third-order valence-electron chi connectivity index (χ3n) is 3.32. The summed E-state index contributed by atoms with van der Waals surface area (Å²) < 4.78 is 0. The summed E-state index contributed by atoms with van der Waals surface area (Å²) in [5, 5.41) is 0. The van der Waals surface area contributed by atoms with E-state index in [1.807, 2.05) is 23.1 Å². The Labute approximate surface area is 116 Å². The zero-order valence-corrected chi connectivity index (χ0v) is 12.1. The Morgan fingerprint density at radius 1 is 1.32 bits per heavy atom. The van der Waals surface area contributed by atoms with E-state index in [1.54, 1.807) is 0 Å². The minimum absolute atomic E-state index is 0.242. The van der Waals surface area contributed by atoms with Crippen LogP contribution in [0.3, 0.4) is 0 Å². The van der Waals surface area contributed by atoms with Crippen molar-refractivity contribution in [2.75, 3.05) is 13.1 Å². The van der Waals surface area contributed by atoms with Crippen molar-refractivity contribution in [3.05, 3.63) is 35.9 Å². The lowest BCUT2D eigenvalue weighted by Gasteiger charge is -2.23. The van der Waals surface area contributed by atoms with Crippen LogP contribution in [-0.4, -0.2) is 23.9 Å². The lowest BCUT2D eigenvalue weighted by Crippen LogP contribution is -2.31. The van der Waals surface area contributed by atoms with Crippen molar-refractivity contribution >= 4 is 5.91 Å². The first kappa shape index (κ1) is 15.7. The van der Waals surface area contributed by atoms with Crippen LogP contribution < -0.4 is 5.73 Å². The number of nitrogens with zero attached hydrogens (tertiary/aromatic N) is 1. The van der Waals surface area contributed by atoms with Crippen molar-refractivity contribution in [2.45, 2.75) is 39.7 Å². The first-order chi connectivity index (χ1) is 9.17. The lowest BCUT2D eigenvalue weighted by molar-refractivity contribution is -0.132. The first-order valence-electron chi connectivity index (χ1n) is 7.19. The molecule has 3 heteroatoms. The Bertz CT molecular complexity index is 364. The average molecular weight is 262 g/mol. The molecule has 19 heavy (non-hydrogen) atoms. The molecule has 0 saturated heterocycles. The summed E-state index contributed by atoms with van der Waals surface area (Å²) in [6, 6.07) is 10.2. The number of carbonyl (C=O) groups is 1. The second-order valence-corrected chi connectivity index (χ2v) is 5.18. The molecule has 0 spiro atoms. The van der Waals surface area contributed by atoms with Gasteiger partial charge in [0, 0.05) is 19.5 Å². The van der Waals surface area contributed by atoms with Gasteiger partial charge < -0.3 is 10.6 Å². The van der Waals surface area contributed by atoms with Crippen LogP contribution in [0.1, 0.15) is 38.7 Å². The number of hydrogen-bond donors (Lipinski definition) is 1. The normalized spacial score (nSPS) is 12.2. The summed E-state index contributed by atoms with van der Waals surface area (Å²) in [6.07, 6.45) is 2.47. The molecule has 1 aromatic rings. The van der Waals surface area contributed by atoms with Crippen LogP contribution in [0.2, 0.25) is 0 Å². The molecule has 0 aromatic heterocycles. The van der Waals surface area contributed by atoms with Crippen molar-refractivity contribution in [1.29, 1.82) is 0 Å². The molecule has 0 radical (unpaired) electrons. The smallest absolute Gasteiger partial charge is 0.222 e. The fraction of sp³-hybridized carbons (Fsp3) is 0.562. The van der Waals surface area contributed by atoms with E-state index in [-0.39, 0.29) is 5.91 Å². The number of amides is 1. The van der Waals surface area contributed by atoms with E-state index in [1.165, 1.54) is 5.56 Å². The monoisotopic (exact) mass is 262 g/mol. The number of hydrogen-bond acceptors (Lipinski definition) is 2. The summed E-state index contributed by atoms with van der Waals surface area (Å²) in [7, 11) is 0.